The number of hydrogen-bond acceptors (Lipinski definition) is 5. The van der Waals surface area contributed by atoms with Crippen LogP contribution in [0.2, 0.25) is 0 Å². The largest absolute Gasteiger partial charge is 0.468 e. The summed E-state index contributed by atoms with van der Waals surface area (Å²) in [5, 5.41) is 3.29. The first-order valence-corrected chi connectivity index (χ1v) is 9.03. The van der Waals surface area contributed by atoms with Crippen LogP contribution in [-0.2, 0) is 23.1 Å². The van der Waals surface area contributed by atoms with Gasteiger partial charge in [0, 0.05) is 22.3 Å². The first-order chi connectivity index (χ1) is 9.88. The lowest BCUT2D eigenvalue weighted by Gasteiger charge is -2.05. The number of aryl methyl sites for hydroxylation is 1. The van der Waals surface area contributed by atoms with Crippen molar-refractivity contribution in [2.75, 3.05) is 0 Å². The van der Waals surface area contributed by atoms with Crippen molar-refractivity contribution >= 4 is 21.4 Å². The summed E-state index contributed by atoms with van der Waals surface area (Å²) >= 11 is 1.50. The lowest BCUT2D eigenvalue weighted by atomic mass is 10.3. The molecule has 2 rings (SSSR count). The van der Waals surface area contributed by atoms with Crippen LogP contribution in [0.1, 0.15) is 29.4 Å². The zero-order chi connectivity index (χ0) is 15.5. The maximum Gasteiger partial charge on any atom is 0.242 e. The molecule has 21 heavy (non-hydrogen) atoms. The molecule has 2 aromatic rings. The minimum atomic E-state index is -3.51. The standard InChI is InChI=1S/C14H20N2O3S2/c1-10(2)15-9-13-7-14(11(3)20-13)21(17,18)16-8-12-5-4-6-19-12/h4-7,10,15-16H,8-9H2,1-3H3. The Kier molecular flexibility index (Phi) is 5.21. The topological polar surface area (TPSA) is 71.3 Å². The Morgan fingerprint density at radius 3 is 2.71 bits per heavy atom. The van der Waals surface area contributed by atoms with Crippen molar-refractivity contribution in [1.29, 1.82) is 0 Å². The van der Waals surface area contributed by atoms with Gasteiger partial charge in [0.15, 0.2) is 0 Å². The summed E-state index contributed by atoms with van der Waals surface area (Å²) in [5.74, 6) is 0.591. The van der Waals surface area contributed by atoms with E-state index < -0.39 is 10.0 Å². The van der Waals surface area contributed by atoms with Crippen LogP contribution in [0, 0.1) is 6.92 Å². The van der Waals surface area contributed by atoms with Crippen LogP contribution in [0.15, 0.2) is 33.8 Å². The third-order valence-electron chi connectivity index (χ3n) is 2.91. The highest BCUT2D eigenvalue weighted by molar-refractivity contribution is 7.89. The van der Waals surface area contributed by atoms with E-state index in [1.807, 2.05) is 6.92 Å². The van der Waals surface area contributed by atoms with Crippen molar-refractivity contribution in [3.63, 3.8) is 0 Å². The smallest absolute Gasteiger partial charge is 0.242 e. The Bertz CT molecular complexity index is 673. The highest BCUT2D eigenvalue weighted by atomic mass is 32.2. The maximum absolute atomic E-state index is 12.3. The van der Waals surface area contributed by atoms with E-state index in [0.717, 1.165) is 9.75 Å². The maximum atomic E-state index is 12.3. The molecule has 5 nitrogen and oxygen atoms in total. The Labute approximate surface area is 129 Å². The van der Waals surface area contributed by atoms with Crippen LogP contribution in [0.5, 0.6) is 0 Å². The van der Waals surface area contributed by atoms with Crippen LogP contribution in [0.4, 0.5) is 0 Å². The second-order valence-electron chi connectivity index (χ2n) is 5.07. The molecule has 0 spiro atoms. The van der Waals surface area contributed by atoms with Gasteiger partial charge in [0.25, 0.3) is 0 Å². The van der Waals surface area contributed by atoms with Crippen molar-refractivity contribution < 1.29 is 12.8 Å². The molecule has 7 heteroatoms. The molecule has 0 fully saturated rings. The summed E-state index contributed by atoms with van der Waals surface area (Å²) in [6.45, 7) is 6.78. The average molecular weight is 328 g/mol. The highest BCUT2D eigenvalue weighted by Crippen LogP contribution is 2.25. The van der Waals surface area contributed by atoms with Crippen molar-refractivity contribution in [3.05, 3.63) is 40.0 Å². The van der Waals surface area contributed by atoms with E-state index in [1.165, 1.54) is 17.6 Å². The van der Waals surface area contributed by atoms with Gasteiger partial charge in [0.1, 0.15) is 5.76 Å². The molecule has 2 heterocycles. The van der Waals surface area contributed by atoms with Gasteiger partial charge in [-0.15, -0.1) is 11.3 Å². The van der Waals surface area contributed by atoms with Gasteiger partial charge in [0.05, 0.1) is 17.7 Å². The average Bonchev–Trinajstić information content (AvgIpc) is 3.03. The number of hydrogen-bond donors (Lipinski definition) is 2. The second-order valence-corrected chi connectivity index (χ2v) is 8.15. The number of nitrogens with one attached hydrogen (secondary N) is 2. The molecule has 2 aromatic heterocycles. The van der Waals surface area contributed by atoms with Gasteiger partial charge in [0.2, 0.25) is 10.0 Å². The molecule has 0 aromatic carbocycles. The summed E-state index contributed by atoms with van der Waals surface area (Å²) in [5.41, 5.74) is 0. The molecule has 0 amide bonds. The fraction of sp³-hybridized carbons (Fsp3) is 0.429. The highest BCUT2D eigenvalue weighted by Gasteiger charge is 2.20. The summed E-state index contributed by atoms with van der Waals surface area (Å²) in [4.78, 5) is 2.15. The van der Waals surface area contributed by atoms with Crippen molar-refractivity contribution in [1.82, 2.24) is 10.0 Å². The van der Waals surface area contributed by atoms with Crippen LogP contribution < -0.4 is 10.0 Å². The van der Waals surface area contributed by atoms with Crippen LogP contribution in [-0.4, -0.2) is 14.5 Å². The summed E-state index contributed by atoms with van der Waals surface area (Å²) in [6.07, 6.45) is 1.52. The number of thiophene rings is 1. The quantitative estimate of drug-likeness (QED) is 0.819. The van der Waals surface area contributed by atoms with E-state index in [9.17, 15) is 8.42 Å². The molecule has 0 aliphatic rings. The monoisotopic (exact) mass is 328 g/mol. The second kappa shape index (κ2) is 6.74. The fourth-order valence-electron chi connectivity index (χ4n) is 1.84. The van der Waals surface area contributed by atoms with E-state index in [1.54, 1.807) is 18.2 Å². The molecule has 0 radical (unpaired) electrons. The molecule has 2 N–H and O–H groups in total. The Balaban J connectivity index is 2.08. The molecular formula is C14H20N2O3S2. The summed E-state index contributed by atoms with van der Waals surface area (Å²) < 4.78 is 32.4. The van der Waals surface area contributed by atoms with E-state index in [-0.39, 0.29) is 6.54 Å². The molecule has 0 saturated carbocycles. The van der Waals surface area contributed by atoms with E-state index >= 15 is 0 Å². The molecule has 0 unspecified atom stereocenters. The minimum Gasteiger partial charge on any atom is -0.468 e. The number of furan rings is 1. The van der Waals surface area contributed by atoms with Gasteiger partial charge in [-0.3, -0.25) is 0 Å². The van der Waals surface area contributed by atoms with Crippen LogP contribution >= 0.6 is 11.3 Å². The summed E-state index contributed by atoms with van der Waals surface area (Å²) in [6, 6.07) is 5.57. The number of sulfonamides is 1. The molecule has 0 aliphatic carbocycles. The van der Waals surface area contributed by atoms with Gasteiger partial charge in [-0.2, -0.15) is 0 Å². The molecule has 0 atom stereocenters. The van der Waals surface area contributed by atoms with Crippen molar-refractivity contribution in [3.8, 4) is 0 Å². The molecule has 0 saturated heterocycles. The molecule has 116 valence electrons. The normalized spacial score (nSPS) is 12.2. The lowest BCUT2D eigenvalue weighted by Crippen LogP contribution is -2.23. The van der Waals surface area contributed by atoms with Gasteiger partial charge in [-0.1, -0.05) is 13.8 Å². The first-order valence-electron chi connectivity index (χ1n) is 6.73. The zero-order valence-electron chi connectivity index (χ0n) is 12.3. The van der Waals surface area contributed by atoms with Gasteiger partial charge in [-0.05, 0) is 25.1 Å². The Morgan fingerprint density at radius 1 is 1.33 bits per heavy atom. The fourth-order valence-corrected chi connectivity index (χ4v) is 4.42. The molecule has 0 aliphatic heterocycles. The van der Waals surface area contributed by atoms with E-state index in [4.69, 9.17) is 4.42 Å². The Morgan fingerprint density at radius 2 is 2.10 bits per heavy atom. The minimum absolute atomic E-state index is 0.157. The lowest BCUT2D eigenvalue weighted by molar-refractivity contribution is 0.498. The van der Waals surface area contributed by atoms with Gasteiger partial charge < -0.3 is 9.73 Å². The third-order valence-corrected chi connectivity index (χ3v) is 5.62. The van der Waals surface area contributed by atoms with Gasteiger partial charge >= 0.3 is 0 Å². The predicted octanol–water partition coefficient (Wildman–Crippen LogP) is 2.63. The summed E-state index contributed by atoms with van der Waals surface area (Å²) in [7, 11) is -3.51. The Hall–Kier alpha value is -1.15. The van der Waals surface area contributed by atoms with Crippen LogP contribution in [0.25, 0.3) is 0 Å². The number of rotatable bonds is 7. The van der Waals surface area contributed by atoms with Gasteiger partial charge in [-0.25, -0.2) is 13.1 Å². The SMILES string of the molecule is Cc1sc(CNC(C)C)cc1S(=O)(=O)NCc1ccco1. The van der Waals surface area contributed by atoms with E-state index in [2.05, 4.69) is 23.9 Å². The van der Waals surface area contributed by atoms with Crippen LogP contribution in [0.3, 0.4) is 0 Å². The third kappa shape index (κ3) is 4.41. The molecular weight excluding hydrogens is 308 g/mol. The zero-order valence-corrected chi connectivity index (χ0v) is 14.0. The first kappa shape index (κ1) is 16.2. The predicted molar refractivity (Wildman–Crippen MR) is 83.8 cm³/mol. The van der Waals surface area contributed by atoms with E-state index in [0.29, 0.717) is 23.2 Å². The van der Waals surface area contributed by atoms with Crippen molar-refractivity contribution in [2.45, 2.75) is 44.8 Å². The molecule has 0 bridgehead atoms. The van der Waals surface area contributed by atoms with Crippen molar-refractivity contribution in [2.24, 2.45) is 0 Å².